The van der Waals surface area contributed by atoms with Crippen molar-refractivity contribution in [2.45, 2.75) is 32.4 Å². The molecular weight excluding hydrogens is 248 g/mol. The normalized spacial score (nSPS) is 18.4. The molecule has 1 heterocycles. The third-order valence-electron chi connectivity index (χ3n) is 3.71. The molecule has 1 saturated carbocycles. The van der Waals surface area contributed by atoms with Crippen molar-refractivity contribution in [2.24, 2.45) is 5.92 Å². The maximum absolute atomic E-state index is 11.1. The van der Waals surface area contributed by atoms with Crippen LogP contribution in [0.1, 0.15) is 25.3 Å². The lowest BCUT2D eigenvalue weighted by atomic mass is 10.1. The Morgan fingerprint density at radius 1 is 1.42 bits per heavy atom. The highest BCUT2D eigenvalue weighted by molar-refractivity contribution is 5.55. The van der Waals surface area contributed by atoms with Gasteiger partial charge in [0.15, 0.2) is 11.5 Å². The SMILES string of the molecule is C[C@H](NCc1cc2c(cc1[N+](=O)[O-])OCO2)C1CC1. The largest absolute Gasteiger partial charge is 0.454 e. The first-order valence-electron chi connectivity index (χ1n) is 6.45. The quantitative estimate of drug-likeness (QED) is 0.652. The molecule has 6 nitrogen and oxygen atoms in total. The van der Waals surface area contributed by atoms with Crippen molar-refractivity contribution in [1.82, 2.24) is 5.32 Å². The van der Waals surface area contributed by atoms with E-state index in [1.807, 2.05) is 0 Å². The second kappa shape index (κ2) is 4.70. The number of nitro groups is 1. The summed E-state index contributed by atoms with van der Waals surface area (Å²) in [6.45, 7) is 2.73. The van der Waals surface area contributed by atoms with Crippen LogP contribution in [0.15, 0.2) is 12.1 Å². The van der Waals surface area contributed by atoms with Crippen LogP contribution in [0.3, 0.4) is 0 Å². The summed E-state index contributed by atoms with van der Waals surface area (Å²) in [6, 6.07) is 3.54. The molecule has 1 aliphatic heterocycles. The molecule has 0 radical (unpaired) electrons. The second-order valence-corrected chi connectivity index (χ2v) is 5.10. The minimum absolute atomic E-state index is 0.0831. The van der Waals surface area contributed by atoms with Gasteiger partial charge >= 0.3 is 0 Å². The maximum atomic E-state index is 11.1. The van der Waals surface area contributed by atoms with E-state index < -0.39 is 0 Å². The number of nitro benzene ring substituents is 1. The van der Waals surface area contributed by atoms with Gasteiger partial charge < -0.3 is 14.8 Å². The minimum atomic E-state index is -0.374. The Morgan fingerprint density at radius 3 is 2.74 bits per heavy atom. The molecule has 102 valence electrons. The van der Waals surface area contributed by atoms with Crippen LogP contribution >= 0.6 is 0 Å². The van der Waals surface area contributed by atoms with Gasteiger partial charge in [0.2, 0.25) is 6.79 Å². The lowest BCUT2D eigenvalue weighted by Crippen LogP contribution is -2.27. The molecule has 1 fully saturated rings. The molecule has 0 saturated heterocycles. The Hall–Kier alpha value is -1.82. The van der Waals surface area contributed by atoms with Crippen molar-refractivity contribution in [1.29, 1.82) is 0 Å². The van der Waals surface area contributed by atoms with Crippen molar-refractivity contribution in [3.63, 3.8) is 0 Å². The van der Waals surface area contributed by atoms with E-state index in [-0.39, 0.29) is 17.4 Å². The van der Waals surface area contributed by atoms with E-state index in [1.165, 1.54) is 18.9 Å². The third-order valence-corrected chi connectivity index (χ3v) is 3.71. The highest BCUT2D eigenvalue weighted by Crippen LogP contribution is 2.38. The van der Waals surface area contributed by atoms with Crippen LogP contribution in [-0.4, -0.2) is 17.8 Å². The summed E-state index contributed by atoms with van der Waals surface area (Å²) < 4.78 is 10.4. The van der Waals surface area contributed by atoms with Crippen molar-refractivity contribution in [3.8, 4) is 11.5 Å². The monoisotopic (exact) mass is 264 g/mol. The number of ether oxygens (including phenoxy) is 2. The molecule has 19 heavy (non-hydrogen) atoms. The van der Waals surface area contributed by atoms with Crippen molar-refractivity contribution >= 4 is 5.69 Å². The Labute approximate surface area is 110 Å². The zero-order valence-corrected chi connectivity index (χ0v) is 10.7. The number of rotatable bonds is 5. The van der Waals surface area contributed by atoms with E-state index >= 15 is 0 Å². The number of fused-ring (bicyclic) bond motifs is 1. The molecule has 0 spiro atoms. The molecule has 1 atom stereocenters. The maximum Gasteiger partial charge on any atom is 0.277 e. The molecule has 0 unspecified atom stereocenters. The van der Waals surface area contributed by atoms with Crippen LogP contribution in [0.2, 0.25) is 0 Å². The lowest BCUT2D eigenvalue weighted by Gasteiger charge is -2.13. The van der Waals surface area contributed by atoms with Crippen molar-refractivity contribution < 1.29 is 14.4 Å². The number of nitrogens with one attached hydrogen (secondary N) is 1. The van der Waals surface area contributed by atoms with Gasteiger partial charge in [-0.25, -0.2) is 0 Å². The standard InChI is InChI=1S/C13H16N2O4/c1-8(9-2-3-9)14-6-10-4-12-13(19-7-18-12)5-11(10)15(16)17/h4-5,8-9,14H,2-3,6-7H2,1H3/t8-/m0/s1. The molecule has 0 bridgehead atoms. The van der Waals surface area contributed by atoms with Gasteiger partial charge in [-0.15, -0.1) is 0 Å². The van der Waals surface area contributed by atoms with Crippen LogP contribution in [0.4, 0.5) is 5.69 Å². The van der Waals surface area contributed by atoms with Gasteiger partial charge in [0, 0.05) is 18.2 Å². The molecule has 1 N–H and O–H groups in total. The molecule has 0 amide bonds. The molecule has 6 heteroatoms. The predicted molar refractivity (Wildman–Crippen MR) is 68.2 cm³/mol. The Bertz CT molecular complexity index is 514. The fourth-order valence-electron chi connectivity index (χ4n) is 2.32. The van der Waals surface area contributed by atoms with Crippen LogP contribution < -0.4 is 14.8 Å². The van der Waals surface area contributed by atoms with E-state index in [9.17, 15) is 10.1 Å². The fraction of sp³-hybridized carbons (Fsp3) is 0.538. The number of benzene rings is 1. The summed E-state index contributed by atoms with van der Waals surface area (Å²) in [5.74, 6) is 1.75. The smallest absolute Gasteiger partial charge is 0.277 e. The average molecular weight is 264 g/mol. The predicted octanol–water partition coefficient (Wildman–Crippen LogP) is 2.21. The summed E-state index contributed by atoms with van der Waals surface area (Å²) in [4.78, 5) is 10.7. The minimum Gasteiger partial charge on any atom is -0.454 e. The summed E-state index contributed by atoms with van der Waals surface area (Å²) >= 11 is 0. The molecule has 1 aromatic rings. The second-order valence-electron chi connectivity index (χ2n) is 5.10. The number of hydrogen-bond donors (Lipinski definition) is 1. The van der Waals surface area contributed by atoms with E-state index in [0.29, 0.717) is 35.6 Å². The number of nitrogens with zero attached hydrogens (tertiary/aromatic N) is 1. The van der Waals surface area contributed by atoms with Crippen LogP contribution in [0, 0.1) is 16.0 Å². The lowest BCUT2D eigenvalue weighted by molar-refractivity contribution is -0.385. The Kier molecular flexibility index (Phi) is 3.02. The van der Waals surface area contributed by atoms with Gasteiger partial charge in [0.1, 0.15) is 0 Å². The Morgan fingerprint density at radius 2 is 2.11 bits per heavy atom. The molecule has 3 rings (SSSR count). The van der Waals surface area contributed by atoms with E-state index in [4.69, 9.17) is 9.47 Å². The summed E-state index contributed by atoms with van der Waals surface area (Å²) in [6.07, 6.45) is 2.49. The van der Waals surface area contributed by atoms with Crippen molar-refractivity contribution in [3.05, 3.63) is 27.8 Å². The number of hydrogen-bond acceptors (Lipinski definition) is 5. The van der Waals surface area contributed by atoms with Crippen LogP contribution in [0.25, 0.3) is 0 Å². The van der Waals surface area contributed by atoms with E-state index in [1.54, 1.807) is 6.07 Å². The first kappa shape index (κ1) is 12.2. The molecule has 1 aromatic carbocycles. The van der Waals surface area contributed by atoms with Gasteiger partial charge in [0.25, 0.3) is 5.69 Å². The van der Waals surface area contributed by atoms with E-state index in [2.05, 4.69) is 12.2 Å². The topological polar surface area (TPSA) is 73.6 Å². The molecule has 0 aromatic heterocycles. The highest BCUT2D eigenvalue weighted by atomic mass is 16.7. The molecular formula is C13H16N2O4. The zero-order valence-electron chi connectivity index (χ0n) is 10.7. The van der Waals surface area contributed by atoms with Gasteiger partial charge in [-0.2, -0.15) is 0 Å². The van der Waals surface area contributed by atoms with Crippen LogP contribution in [0.5, 0.6) is 11.5 Å². The fourth-order valence-corrected chi connectivity index (χ4v) is 2.32. The van der Waals surface area contributed by atoms with Gasteiger partial charge in [-0.05, 0) is 31.7 Å². The molecule has 1 aliphatic carbocycles. The third kappa shape index (κ3) is 2.49. The molecule has 2 aliphatic rings. The summed E-state index contributed by atoms with van der Waals surface area (Å²) in [7, 11) is 0. The summed E-state index contributed by atoms with van der Waals surface area (Å²) in [5.41, 5.74) is 0.724. The highest BCUT2D eigenvalue weighted by Gasteiger charge is 2.28. The van der Waals surface area contributed by atoms with E-state index in [0.717, 1.165) is 0 Å². The first-order valence-corrected chi connectivity index (χ1v) is 6.45. The average Bonchev–Trinajstić information content (AvgIpc) is 3.13. The van der Waals surface area contributed by atoms with Gasteiger partial charge in [0.05, 0.1) is 11.0 Å². The van der Waals surface area contributed by atoms with Gasteiger partial charge in [-0.1, -0.05) is 0 Å². The van der Waals surface area contributed by atoms with Crippen LogP contribution in [-0.2, 0) is 6.54 Å². The zero-order chi connectivity index (χ0) is 13.4. The Balaban J connectivity index is 1.79. The first-order chi connectivity index (χ1) is 9.15. The summed E-state index contributed by atoms with van der Waals surface area (Å²) in [5, 5.41) is 14.4. The van der Waals surface area contributed by atoms with Gasteiger partial charge in [-0.3, -0.25) is 10.1 Å². The van der Waals surface area contributed by atoms with Crippen molar-refractivity contribution in [2.75, 3.05) is 6.79 Å².